The van der Waals surface area contributed by atoms with Gasteiger partial charge in [0.2, 0.25) is 5.91 Å². The number of hydrogen-bond donors (Lipinski definition) is 1. The Labute approximate surface area is 126 Å². The Morgan fingerprint density at radius 3 is 2.55 bits per heavy atom. The summed E-state index contributed by atoms with van der Waals surface area (Å²) >= 11 is 3.19. The van der Waals surface area contributed by atoms with Gasteiger partial charge in [0.15, 0.2) is 0 Å². The molecule has 2 aromatic carbocycles. The summed E-state index contributed by atoms with van der Waals surface area (Å²) in [5.41, 5.74) is 1.14. The van der Waals surface area contributed by atoms with Crippen molar-refractivity contribution in [3.8, 4) is 0 Å². The number of amides is 1. The van der Waals surface area contributed by atoms with Crippen LogP contribution in [-0.4, -0.2) is 5.91 Å². The second kappa shape index (κ2) is 6.66. The summed E-state index contributed by atoms with van der Waals surface area (Å²) in [5.74, 6) is -0.921. The number of benzene rings is 2. The molecule has 1 amide bonds. The topological polar surface area (TPSA) is 29.1 Å². The predicted molar refractivity (Wildman–Crippen MR) is 82.2 cm³/mol. The van der Waals surface area contributed by atoms with Gasteiger partial charge in [-0.1, -0.05) is 53.2 Å². The summed E-state index contributed by atoms with van der Waals surface area (Å²) in [7, 11) is 0. The van der Waals surface area contributed by atoms with Crippen LogP contribution >= 0.6 is 15.9 Å². The van der Waals surface area contributed by atoms with Gasteiger partial charge in [-0.25, -0.2) is 4.39 Å². The molecule has 0 fully saturated rings. The summed E-state index contributed by atoms with van der Waals surface area (Å²) in [6.45, 7) is 1.94. The molecule has 2 aromatic rings. The van der Waals surface area contributed by atoms with Gasteiger partial charge in [0.25, 0.3) is 0 Å². The van der Waals surface area contributed by atoms with Gasteiger partial charge in [-0.2, -0.15) is 0 Å². The van der Waals surface area contributed by atoms with E-state index in [9.17, 15) is 9.18 Å². The lowest BCUT2D eigenvalue weighted by molar-refractivity contribution is -0.117. The molecule has 20 heavy (non-hydrogen) atoms. The Morgan fingerprint density at radius 1 is 1.25 bits per heavy atom. The summed E-state index contributed by atoms with van der Waals surface area (Å²) in [6, 6.07) is 14.1. The number of halogens is 2. The highest BCUT2D eigenvalue weighted by atomic mass is 79.9. The molecule has 0 aliphatic carbocycles. The molecular weight excluding hydrogens is 321 g/mol. The number of hydrogen-bond acceptors (Lipinski definition) is 1. The van der Waals surface area contributed by atoms with Crippen LogP contribution in [0.25, 0.3) is 0 Å². The highest BCUT2D eigenvalue weighted by molar-refractivity contribution is 9.10. The molecule has 0 aliphatic rings. The lowest BCUT2D eigenvalue weighted by Crippen LogP contribution is -2.21. The van der Waals surface area contributed by atoms with Crippen molar-refractivity contribution in [2.75, 3.05) is 5.32 Å². The normalized spacial score (nSPS) is 11.9. The van der Waals surface area contributed by atoms with Gasteiger partial charge in [-0.3, -0.25) is 4.79 Å². The maximum absolute atomic E-state index is 13.7. The van der Waals surface area contributed by atoms with Crippen molar-refractivity contribution in [1.82, 2.24) is 0 Å². The summed E-state index contributed by atoms with van der Waals surface area (Å²) in [5, 5.41) is 2.65. The molecule has 0 aliphatic heterocycles. The molecule has 1 N–H and O–H groups in total. The zero-order valence-electron chi connectivity index (χ0n) is 11.1. The van der Waals surface area contributed by atoms with E-state index < -0.39 is 5.82 Å². The number of carbonyl (C=O) groups is 1. The average Bonchev–Trinajstić information content (AvgIpc) is 2.44. The van der Waals surface area contributed by atoms with Gasteiger partial charge in [-0.05, 0) is 30.2 Å². The van der Waals surface area contributed by atoms with Crippen LogP contribution in [0.2, 0.25) is 0 Å². The van der Waals surface area contributed by atoms with Crippen LogP contribution in [-0.2, 0) is 4.79 Å². The second-order valence-electron chi connectivity index (χ2n) is 4.48. The Bertz CT molecular complexity index is 601. The Balaban J connectivity index is 2.18. The number of anilines is 1. The number of nitrogens with one attached hydrogen (secondary N) is 1. The van der Waals surface area contributed by atoms with Crippen molar-refractivity contribution in [3.05, 3.63) is 64.4 Å². The van der Waals surface area contributed by atoms with Gasteiger partial charge in [0, 0.05) is 4.47 Å². The molecule has 0 bridgehead atoms. The van der Waals surface area contributed by atoms with Crippen molar-refractivity contribution in [3.63, 3.8) is 0 Å². The Kier molecular flexibility index (Phi) is 4.90. The molecule has 0 heterocycles. The lowest BCUT2D eigenvalue weighted by atomic mass is 9.95. The van der Waals surface area contributed by atoms with Crippen molar-refractivity contribution in [2.45, 2.75) is 19.3 Å². The van der Waals surface area contributed by atoms with Gasteiger partial charge in [0.05, 0.1) is 11.6 Å². The van der Waals surface area contributed by atoms with E-state index in [0.717, 1.165) is 5.56 Å². The van der Waals surface area contributed by atoms with E-state index in [2.05, 4.69) is 21.2 Å². The quantitative estimate of drug-likeness (QED) is 0.860. The molecule has 2 rings (SSSR count). The maximum Gasteiger partial charge on any atom is 0.231 e. The standard InChI is InChI=1S/C16H15BrFNO/c1-2-13(11-6-4-3-5-7-11)16(20)19-15-9-8-12(17)10-14(15)18/h3-10,13H,2H2,1H3,(H,19,20). The minimum Gasteiger partial charge on any atom is -0.323 e. The van der Waals surface area contributed by atoms with E-state index in [1.165, 1.54) is 6.07 Å². The highest BCUT2D eigenvalue weighted by Gasteiger charge is 2.19. The van der Waals surface area contributed by atoms with Gasteiger partial charge in [-0.15, -0.1) is 0 Å². The summed E-state index contributed by atoms with van der Waals surface area (Å²) in [4.78, 5) is 12.3. The van der Waals surface area contributed by atoms with E-state index in [-0.39, 0.29) is 17.5 Å². The SMILES string of the molecule is CCC(C(=O)Nc1ccc(Br)cc1F)c1ccccc1. The third-order valence-corrected chi connectivity index (χ3v) is 3.61. The first-order valence-corrected chi connectivity index (χ1v) is 7.22. The molecule has 0 saturated heterocycles. The third kappa shape index (κ3) is 3.45. The van der Waals surface area contributed by atoms with E-state index >= 15 is 0 Å². The smallest absolute Gasteiger partial charge is 0.231 e. The van der Waals surface area contributed by atoms with Crippen LogP contribution in [0.5, 0.6) is 0 Å². The van der Waals surface area contributed by atoms with Crippen molar-refractivity contribution in [2.24, 2.45) is 0 Å². The van der Waals surface area contributed by atoms with Crippen LogP contribution in [0.3, 0.4) is 0 Å². The van der Waals surface area contributed by atoms with Gasteiger partial charge in [0.1, 0.15) is 5.82 Å². The largest absolute Gasteiger partial charge is 0.323 e. The molecule has 1 atom stereocenters. The lowest BCUT2D eigenvalue weighted by Gasteiger charge is -2.15. The van der Waals surface area contributed by atoms with Crippen LogP contribution in [0.15, 0.2) is 53.0 Å². The first-order valence-electron chi connectivity index (χ1n) is 6.42. The summed E-state index contributed by atoms with van der Waals surface area (Å²) in [6.07, 6.45) is 0.661. The van der Waals surface area contributed by atoms with E-state index in [1.54, 1.807) is 12.1 Å². The first-order chi connectivity index (χ1) is 9.61. The van der Waals surface area contributed by atoms with Crippen LogP contribution in [0, 0.1) is 5.82 Å². The van der Waals surface area contributed by atoms with Crippen molar-refractivity contribution < 1.29 is 9.18 Å². The average molecular weight is 336 g/mol. The zero-order chi connectivity index (χ0) is 14.5. The minimum atomic E-state index is -0.448. The Hall–Kier alpha value is -1.68. The first kappa shape index (κ1) is 14.7. The monoisotopic (exact) mass is 335 g/mol. The van der Waals surface area contributed by atoms with Crippen molar-refractivity contribution in [1.29, 1.82) is 0 Å². The second-order valence-corrected chi connectivity index (χ2v) is 5.40. The molecule has 4 heteroatoms. The van der Waals surface area contributed by atoms with Gasteiger partial charge >= 0.3 is 0 Å². The van der Waals surface area contributed by atoms with E-state index in [0.29, 0.717) is 10.9 Å². The number of carbonyl (C=O) groups excluding carboxylic acids is 1. The number of rotatable bonds is 4. The van der Waals surface area contributed by atoms with Crippen LogP contribution in [0.1, 0.15) is 24.8 Å². The fourth-order valence-electron chi connectivity index (χ4n) is 2.07. The van der Waals surface area contributed by atoms with Crippen molar-refractivity contribution >= 4 is 27.5 Å². The fourth-order valence-corrected chi connectivity index (χ4v) is 2.40. The molecular formula is C16H15BrFNO. The third-order valence-electron chi connectivity index (χ3n) is 3.12. The minimum absolute atomic E-state index is 0.195. The molecule has 0 aromatic heterocycles. The van der Waals surface area contributed by atoms with Gasteiger partial charge < -0.3 is 5.32 Å². The Morgan fingerprint density at radius 2 is 1.95 bits per heavy atom. The molecule has 0 spiro atoms. The van der Waals surface area contributed by atoms with E-state index in [4.69, 9.17) is 0 Å². The highest BCUT2D eigenvalue weighted by Crippen LogP contribution is 2.24. The molecule has 1 unspecified atom stereocenters. The predicted octanol–water partition coefficient (Wildman–Crippen LogP) is 4.72. The zero-order valence-corrected chi connectivity index (χ0v) is 12.7. The molecule has 0 saturated carbocycles. The fraction of sp³-hybridized carbons (Fsp3) is 0.188. The van der Waals surface area contributed by atoms with Crippen LogP contribution < -0.4 is 5.32 Å². The maximum atomic E-state index is 13.7. The van der Waals surface area contributed by atoms with E-state index in [1.807, 2.05) is 37.3 Å². The summed E-state index contributed by atoms with van der Waals surface area (Å²) < 4.78 is 14.4. The molecule has 0 radical (unpaired) electrons. The molecule has 104 valence electrons. The van der Waals surface area contributed by atoms with Crippen LogP contribution in [0.4, 0.5) is 10.1 Å². The molecule has 2 nitrogen and oxygen atoms in total.